The first kappa shape index (κ1) is 36.3. The van der Waals surface area contributed by atoms with E-state index >= 15 is 0 Å². The van der Waals surface area contributed by atoms with Gasteiger partial charge in [0.05, 0.1) is 6.04 Å². The Bertz CT molecular complexity index is 1280. The molecular formula is C30H44N8O7. The summed E-state index contributed by atoms with van der Waals surface area (Å²) in [6, 6.07) is 7.49. The highest BCUT2D eigenvalue weighted by Gasteiger charge is 2.30. The highest BCUT2D eigenvalue weighted by molar-refractivity contribution is 5.94. The van der Waals surface area contributed by atoms with Crippen molar-refractivity contribution in [1.29, 1.82) is 0 Å². The molecule has 0 spiro atoms. The Morgan fingerprint density at radius 2 is 1.16 bits per heavy atom. The molecule has 15 heteroatoms. The van der Waals surface area contributed by atoms with Crippen molar-refractivity contribution < 1.29 is 34.5 Å². The van der Waals surface area contributed by atoms with Crippen LogP contribution in [0.5, 0.6) is 11.5 Å². The highest BCUT2D eigenvalue weighted by atomic mass is 16.4. The van der Waals surface area contributed by atoms with Crippen molar-refractivity contribution in [1.82, 2.24) is 16.0 Å². The van der Waals surface area contributed by atoms with Crippen LogP contribution in [-0.4, -0.2) is 82.2 Å². The molecule has 15 nitrogen and oxygen atoms in total. The maximum absolute atomic E-state index is 13.5. The summed E-state index contributed by atoms with van der Waals surface area (Å²) in [4.78, 5) is 55.7. The molecule has 4 atom stereocenters. The second-order valence-electron chi connectivity index (χ2n) is 10.6. The fourth-order valence-electron chi connectivity index (χ4n) is 4.40. The first-order valence-corrected chi connectivity index (χ1v) is 14.6. The number of phenols is 2. The van der Waals surface area contributed by atoms with Gasteiger partial charge >= 0.3 is 5.97 Å². The molecule has 2 aromatic rings. The number of hydrogen-bond donors (Lipinski definition) is 10. The summed E-state index contributed by atoms with van der Waals surface area (Å²) < 4.78 is 0. The number of phenolic OH excluding ortho intramolecular Hbond substituents is 2. The van der Waals surface area contributed by atoms with Gasteiger partial charge < -0.3 is 54.2 Å². The zero-order valence-electron chi connectivity index (χ0n) is 25.0. The van der Waals surface area contributed by atoms with E-state index < -0.39 is 47.9 Å². The molecule has 14 N–H and O–H groups in total. The van der Waals surface area contributed by atoms with E-state index in [4.69, 9.17) is 22.9 Å². The smallest absolute Gasteiger partial charge is 0.326 e. The van der Waals surface area contributed by atoms with Gasteiger partial charge in [-0.2, -0.15) is 0 Å². The largest absolute Gasteiger partial charge is 0.508 e. The van der Waals surface area contributed by atoms with E-state index in [1.807, 2.05) is 0 Å². The van der Waals surface area contributed by atoms with Crippen LogP contribution in [0.25, 0.3) is 0 Å². The standard InChI is InChI=1S/C30H44N8O7/c31-14-2-1-4-23(36-26(41)22(32)16-18-6-10-20(39)11-7-18)27(42)37-24(5-3-15-35-30(33)34)28(43)38-25(29(44)45)17-19-8-12-21(40)13-9-19/h6-13,22-25,39-40H,1-5,14-17,31-32H2,(H,36,41)(H,37,42)(H,38,43)(H,44,45)(H4,33,34,35). The summed E-state index contributed by atoms with van der Waals surface area (Å²) in [7, 11) is 0. The number of rotatable bonds is 19. The quantitative estimate of drug-likeness (QED) is 0.0508. The first-order valence-electron chi connectivity index (χ1n) is 14.6. The molecule has 0 bridgehead atoms. The molecule has 0 aromatic heterocycles. The summed E-state index contributed by atoms with van der Waals surface area (Å²) in [5.74, 6) is -3.37. The number of aliphatic imine (C=N–C) groups is 1. The SMILES string of the molecule is NCCCCC(NC(=O)C(N)Cc1ccc(O)cc1)C(=O)NC(CCCN=C(N)N)C(=O)NC(Cc1ccc(O)cc1)C(=O)O. The third-order valence-corrected chi connectivity index (χ3v) is 6.88. The van der Waals surface area contributed by atoms with Crippen molar-refractivity contribution in [3.8, 4) is 11.5 Å². The van der Waals surface area contributed by atoms with Crippen molar-refractivity contribution in [3.05, 3.63) is 59.7 Å². The Labute approximate surface area is 261 Å². The predicted molar refractivity (Wildman–Crippen MR) is 168 cm³/mol. The molecule has 246 valence electrons. The number of carbonyl (C=O) groups excluding carboxylic acids is 3. The van der Waals surface area contributed by atoms with E-state index in [9.17, 15) is 34.5 Å². The van der Waals surface area contributed by atoms with Crippen LogP contribution in [0.15, 0.2) is 53.5 Å². The Morgan fingerprint density at radius 3 is 1.64 bits per heavy atom. The number of carboxylic acids is 1. The third-order valence-electron chi connectivity index (χ3n) is 6.88. The monoisotopic (exact) mass is 628 g/mol. The minimum atomic E-state index is -1.34. The van der Waals surface area contributed by atoms with Gasteiger partial charge in [-0.1, -0.05) is 24.3 Å². The van der Waals surface area contributed by atoms with Crippen molar-refractivity contribution in [2.45, 2.75) is 69.1 Å². The molecule has 0 heterocycles. The summed E-state index contributed by atoms with van der Waals surface area (Å²) in [5, 5.41) is 36.6. The number of carboxylic acid groups (broad SMARTS) is 1. The van der Waals surface area contributed by atoms with E-state index in [0.717, 1.165) is 0 Å². The van der Waals surface area contributed by atoms with Gasteiger partial charge in [-0.15, -0.1) is 0 Å². The molecule has 0 fully saturated rings. The Balaban J connectivity index is 2.19. The van der Waals surface area contributed by atoms with Gasteiger partial charge in [0, 0.05) is 13.0 Å². The lowest BCUT2D eigenvalue weighted by molar-refractivity contribution is -0.142. The third kappa shape index (κ3) is 13.5. The minimum Gasteiger partial charge on any atom is -0.508 e. The number of aromatic hydroxyl groups is 2. The molecule has 0 saturated heterocycles. The summed E-state index contributed by atoms with van der Waals surface area (Å²) in [6.07, 6.45) is 1.69. The second kappa shape index (κ2) is 18.7. The van der Waals surface area contributed by atoms with Crippen LogP contribution in [0.3, 0.4) is 0 Å². The van der Waals surface area contributed by atoms with Crippen LogP contribution in [0.1, 0.15) is 43.2 Å². The Morgan fingerprint density at radius 1 is 0.689 bits per heavy atom. The van der Waals surface area contributed by atoms with E-state index in [1.165, 1.54) is 36.4 Å². The van der Waals surface area contributed by atoms with Gasteiger partial charge in [0.15, 0.2) is 5.96 Å². The van der Waals surface area contributed by atoms with Crippen molar-refractivity contribution >= 4 is 29.7 Å². The predicted octanol–water partition coefficient (Wildman–Crippen LogP) is -1.07. The maximum atomic E-state index is 13.5. The topological polar surface area (TPSA) is 282 Å². The molecule has 0 radical (unpaired) electrons. The zero-order chi connectivity index (χ0) is 33.4. The summed E-state index contributed by atoms with van der Waals surface area (Å²) in [5.41, 5.74) is 23.7. The molecule has 0 saturated carbocycles. The fourth-order valence-corrected chi connectivity index (χ4v) is 4.40. The van der Waals surface area contributed by atoms with E-state index in [0.29, 0.717) is 30.5 Å². The zero-order valence-corrected chi connectivity index (χ0v) is 25.0. The molecule has 0 aliphatic rings. The van der Waals surface area contributed by atoms with Crippen molar-refractivity contribution in [2.75, 3.05) is 13.1 Å². The lowest BCUT2D eigenvalue weighted by atomic mass is 10.0. The average molecular weight is 629 g/mol. The number of nitrogens with one attached hydrogen (secondary N) is 3. The van der Waals surface area contributed by atoms with E-state index in [2.05, 4.69) is 20.9 Å². The van der Waals surface area contributed by atoms with E-state index in [1.54, 1.807) is 12.1 Å². The first-order chi connectivity index (χ1) is 21.4. The normalized spacial score (nSPS) is 13.5. The molecule has 3 amide bonds. The van der Waals surface area contributed by atoms with Crippen LogP contribution in [0.2, 0.25) is 0 Å². The van der Waals surface area contributed by atoms with Crippen LogP contribution in [0.4, 0.5) is 0 Å². The lowest BCUT2D eigenvalue weighted by Gasteiger charge is -2.25. The van der Waals surface area contributed by atoms with Crippen LogP contribution >= 0.6 is 0 Å². The highest BCUT2D eigenvalue weighted by Crippen LogP contribution is 2.13. The van der Waals surface area contributed by atoms with Crippen LogP contribution in [0, 0.1) is 0 Å². The number of nitrogens with zero attached hydrogens (tertiary/aromatic N) is 1. The molecule has 45 heavy (non-hydrogen) atoms. The number of hydrogen-bond acceptors (Lipinski definition) is 9. The Hall–Kier alpha value is -4.89. The van der Waals surface area contributed by atoms with Gasteiger partial charge in [-0.3, -0.25) is 19.4 Å². The summed E-state index contributed by atoms with van der Waals surface area (Å²) >= 11 is 0. The maximum Gasteiger partial charge on any atom is 0.326 e. The fraction of sp³-hybridized carbons (Fsp3) is 0.433. The molecule has 0 aliphatic carbocycles. The van der Waals surface area contributed by atoms with Crippen molar-refractivity contribution in [2.24, 2.45) is 27.9 Å². The second-order valence-corrected chi connectivity index (χ2v) is 10.6. The molecule has 2 rings (SSSR count). The van der Waals surface area contributed by atoms with Gasteiger partial charge in [0.2, 0.25) is 17.7 Å². The molecule has 0 aliphatic heterocycles. The van der Waals surface area contributed by atoms with Gasteiger partial charge in [0.25, 0.3) is 0 Å². The number of carbonyl (C=O) groups is 4. The number of benzene rings is 2. The van der Waals surface area contributed by atoms with Crippen LogP contribution < -0.4 is 38.9 Å². The summed E-state index contributed by atoms with van der Waals surface area (Å²) in [6.45, 7) is 0.525. The number of unbranched alkanes of at least 4 members (excludes halogenated alkanes) is 1. The number of amides is 3. The van der Waals surface area contributed by atoms with Gasteiger partial charge in [-0.25, -0.2) is 4.79 Å². The Kier molecular flexibility index (Phi) is 15.1. The number of nitrogens with two attached hydrogens (primary N) is 4. The average Bonchev–Trinajstić information content (AvgIpc) is 2.99. The minimum absolute atomic E-state index is 0.00706. The van der Waals surface area contributed by atoms with Gasteiger partial charge in [-0.05, 0) is 80.5 Å². The molecule has 2 aromatic carbocycles. The molecule has 4 unspecified atom stereocenters. The number of aliphatic carboxylic acids is 1. The van der Waals surface area contributed by atoms with E-state index in [-0.39, 0.29) is 56.1 Å². The van der Waals surface area contributed by atoms with Gasteiger partial charge in [0.1, 0.15) is 29.6 Å². The lowest BCUT2D eigenvalue weighted by Crippen LogP contribution is -2.57. The van der Waals surface area contributed by atoms with Crippen LogP contribution in [-0.2, 0) is 32.0 Å². The number of guanidine groups is 1. The van der Waals surface area contributed by atoms with Crippen molar-refractivity contribution in [3.63, 3.8) is 0 Å². The molecular weight excluding hydrogens is 584 g/mol.